The summed E-state index contributed by atoms with van der Waals surface area (Å²) in [7, 11) is 1.67. The van der Waals surface area contributed by atoms with Crippen LogP contribution in [-0.4, -0.2) is 33.8 Å². The molecule has 0 saturated heterocycles. The van der Waals surface area contributed by atoms with E-state index in [0.717, 1.165) is 11.3 Å². The fourth-order valence-corrected chi connectivity index (χ4v) is 2.54. The molecule has 128 valence electrons. The van der Waals surface area contributed by atoms with Crippen molar-refractivity contribution in [3.05, 3.63) is 66.5 Å². The molecule has 6 heteroatoms. The van der Waals surface area contributed by atoms with Crippen molar-refractivity contribution in [2.24, 2.45) is 0 Å². The molecular formula is C19H20N4O2. The highest BCUT2D eigenvalue weighted by Gasteiger charge is 2.24. The maximum Gasteiger partial charge on any atom is 0.269 e. The predicted octanol–water partition coefficient (Wildman–Crippen LogP) is 3.01. The standard InChI is InChI=1S/C19H20N4O2/c1-14-8-7-11-17(12-14)25-15(2)18(24)22(3)19-21-20-13-23(19)16-9-5-4-6-10-16/h4-13,15H,1-3H3/t15-/m1/s1. The van der Waals surface area contributed by atoms with Gasteiger partial charge in [0.25, 0.3) is 5.91 Å². The molecule has 1 amide bonds. The summed E-state index contributed by atoms with van der Waals surface area (Å²) >= 11 is 0. The van der Waals surface area contributed by atoms with Crippen LogP contribution in [0.4, 0.5) is 5.95 Å². The molecule has 2 aromatic carbocycles. The van der Waals surface area contributed by atoms with Gasteiger partial charge in [-0.2, -0.15) is 0 Å². The smallest absolute Gasteiger partial charge is 0.269 e. The van der Waals surface area contributed by atoms with Gasteiger partial charge in [0.05, 0.1) is 5.69 Å². The highest BCUT2D eigenvalue weighted by molar-refractivity contribution is 5.94. The third-order valence-electron chi connectivity index (χ3n) is 3.84. The van der Waals surface area contributed by atoms with E-state index in [1.807, 2.05) is 61.5 Å². The van der Waals surface area contributed by atoms with E-state index in [9.17, 15) is 4.79 Å². The van der Waals surface area contributed by atoms with Gasteiger partial charge in [-0.1, -0.05) is 30.3 Å². The van der Waals surface area contributed by atoms with Gasteiger partial charge in [-0.05, 0) is 43.7 Å². The number of carbonyl (C=O) groups excluding carboxylic acids is 1. The Labute approximate surface area is 146 Å². The quantitative estimate of drug-likeness (QED) is 0.718. The summed E-state index contributed by atoms with van der Waals surface area (Å²) in [6.45, 7) is 3.71. The molecule has 3 aromatic rings. The normalized spacial score (nSPS) is 11.8. The second-order valence-corrected chi connectivity index (χ2v) is 5.81. The van der Waals surface area contributed by atoms with Crippen LogP contribution in [0.15, 0.2) is 60.9 Å². The molecule has 0 fully saturated rings. The second kappa shape index (κ2) is 7.17. The summed E-state index contributed by atoms with van der Waals surface area (Å²) in [5.74, 6) is 0.904. The Hall–Kier alpha value is -3.15. The van der Waals surface area contributed by atoms with Crippen LogP contribution in [0.25, 0.3) is 5.69 Å². The average molecular weight is 336 g/mol. The maximum absolute atomic E-state index is 12.7. The Morgan fingerprint density at radius 2 is 1.92 bits per heavy atom. The fraction of sp³-hybridized carbons (Fsp3) is 0.211. The monoisotopic (exact) mass is 336 g/mol. The molecule has 25 heavy (non-hydrogen) atoms. The second-order valence-electron chi connectivity index (χ2n) is 5.81. The van der Waals surface area contributed by atoms with Gasteiger partial charge in [0.1, 0.15) is 12.1 Å². The van der Waals surface area contributed by atoms with E-state index in [-0.39, 0.29) is 5.91 Å². The van der Waals surface area contributed by atoms with Crippen molar-refractivity contribution in [2.45, 2.75) is 20.0 Å². The van der Waals surface area contributed by atoms with Gasteiger partial charge in [0.2, 0.25) is 5.95 Å². The molecule has 0 bridgehead atoms. The molecule has 1 aromatic heterocycles. The molecule has 3 rings (SSSR count). The maximum atomic E-state index is 12.7. The van der Waals surface area contributed by atoms with Gasteiger partial charge in [-0.3, -0.25) is 14.3 Å². The van der Waals surface area contributed by atoms with Gasteiger partial charge in [-0.15, -0.1) is 10.2 Å². The number of nitrogens with zero attached hydrogens (tertiary/aromatic N) is 4. The lowest BCUT2D eigenvalue weighted by Gasteiger charge is -2.21. The Morgan fingerprint density at radius 3 is 2.64 bits per heavy atom. The minimum absolute atomic E-state index is 0.202. The van der Waals surface area contributed by atoms with Crippen molar-refractivity contribution in [3.8, 4) is 11.4 Å². The number of aryl methyl sites for hydroxylation is 1. The Kier molecular flexibility index (Phi) is 4.79. The molecular weight excluding hydrogens is 316 g/mol. The van der Waals surface area contributed by atoms with E-state index in [4.69, 9.17) is 4.74 Å². The number of amides is 1. The van der Waals surface area contributed by atoms with Gasteiger partial charge in [0.15, 0.2) is 6.10 Å². The topological polar surface area (TPSA) is 60.2 Å². The molecule has 6 nitrogen and oxygen atoms in total. The van der Waals surface area contributed by atoms with Crippen molar-refractivity contribution < 1.29 is 9.53 Å². The largest absolute Gasteiger partial charge is 0.481 e. The number of para-hydroxylation sites is 1. The molecule has 0 spiro atoms. The van der Waals surface area contributed by atoms with Crippen LogP contribution < -0.4 is 9.64 Å². The minimum Gasteiger partial charge on any atom is -0.481 e. The van der Waals surface area contributed by atoms with E-state index in [1.165, 1.54) is 4.90 Å². The van der Waals surface area contributed by atoms with Gasteiger partial charge < -0.3 is 4.74 Å². The molecule has 0 aliphatic heterocycles. The lowest BCUT2D eigenvalue weighted by molar-refractivity contribution is -0.124. The summed E-state index contributed by atoms with van der Waals surface area (Å²) in [5.41, 5.74) is 1.96. The average Bonchev–Trinajstić information content (AvgIpc) is 3.11. The number of anilines is 1. The van der Waals surface area contributed by atoms with Crippen molar-refractivity contribution in [1.29, 1.82) is 0 Å². The molecule has 0 radical (unpaired) electrons. The van der Waals surface area contributed by atoms with Gasteiger partial charge >= 0.3 is 0 Å². The number of aromatic nitrogens is 3. The van der Waals surface area contributed by atoms with Crippen molar-refractivity contribution in [2.75, 3.05) is 11.9 Å². The van der Waals surface area contributed by atoms with Crippen LogP contribution in [-0.2, 0) is 4.79 Å². The number of ether oxygens (including phenoxy) is 1. The first-order chi connectivity index (χ1) is 12.1. The number of likely N-dealkylation sites (N-methyl/N-ethyl adjacent to an activating group) is 1. The van der Waals surface area contributed by atoms with Crippen LogP contribution in [0.2, 0.25) is 0 Å². The first-order valence-electron chi connectivity index (χ1n) is 8.02. The van der Waals surface area contributed by atoms with E-state index in [0.29, 0.717) is 11.7 Å². The van der Waals surface area contributed by atoms with Gasteiger partial charge in [0, 0.05) is 7.05 Å². The first kappa shape index (κ1) is 16.7. The predicted molar refractivity (Wildman–Crippen MR) is 96.0 cm³/mol. The summed E-state index contributed by atoms with van der Waals surface area (Å²) in [4.78, 5) is 14.2. The van der Waals surface area contributed by atoms with Crippen LogP contribution in [0.1, 0.15) is 12.5 Å². The molecule has 0 aliphatic rings. The number of rotatable bonds is 5. The van der Waals surface area contributed by atoms with E-state index >= 15 is 0 Å². The molecule has 1 atom stereocenters. The number of hydrogen-bond donors (Lipinski definition) is 0. The summed E-state index contributed by atoms with van der Waals surface area (Å²) in [6, 6.07) is 17.2. The highest BCUT2D eigenvalue weighted by Crippen LogP contribution is 2.19. The lowest BCUT2D eigenvalue weighted by Crippen LogP contribution is -2.39. The van der Waals surface area contributed by atoms with E-state index in [2.05, 4.69) is 10.2 Å². The number of hydrogen-bond acceptors (Lipinski definition) is 4. The Morgan fingerprint density at radius 1 is 1.16 bits per heavy atom. The Bertz CT molecular complexity index is 861. The molecule has 0 aliphatic carbocycles. The van der Waals surface area contributed by atoms with Crippen LogP contribution >= 0.6 is 0 Å². The zero-order valence-corrected chi connectivity index (χ0v) is 14.5. The summed E-state index contributed by atoms with van der Waals surface area (Å²) in [6.07, 6.45) is 0.938. The summed E-state index contributed by atoms with van der Waals surface area (Å²) < 4.78 is 7.53. The molecule has 1 heterocycles. The van der Waals surface area contributed by atoms with Crippen molar-refractivity contribution >= 4 is 11.9 Å². The highest BCUT2D eigenvalue weighted by atomic mass is 16.5. The lowest BCUT2D eigenvalue weighted by atomic mass is 10.2. The minimum atomic E-state index is -0.646. The van der Waals surface area contributed by atoms with Crippen molar-refractivity contribution in [1.82, 2.24) is 14.8 Å². The molecule has 0 unspecified atom stereocenters. The third-order valence-corrected chi connectivity index (χ3v) is 3.84. The fourth-order valence-electron chi connectivity index (χ4n) is 2.54. The SMILES string of the molecule is Cc1cccc(O[C@H](C)C(=O)N(C)c2nncn2-c2ccccc2)c1. The van der Waals surface area contributed by atoms with E-state index < -0.39 is 6.10 Å². The van der Waals surface area contributed by atoms with Crippen molar-refractivity contribution in [3.63, 3.8) is 0 Å². The number of benzene rings is 2. The van der Waals surface area contributed by atoms with Crippen LogP contribution in [0, 0.1) is 6.92 Å². The molecule has 0 N–H and O–H groups in total. The molecule has 0 saturated carbocycles. The zero-order chi connectivity index (χ0) is 17.8. The van der Waals surface area contributed by atoms with E-state index in [1.54, 1.807) is 24.9 Å². The first-order valence-corrected chi connectivity index (χ1v) is 8.02. The number of carbonyl (C=O) groups is 1. The third kappa shape index (κ3) is 3.68. The summed E-state index contributed by atoms with van der Waals surface area (Å²) in [5, 5.41) is 8.01. The zero-order valence-electron chi connectivity index (χ0n) is 14.5. The van der Waals surface area contributed by atoms with Crippen LogP contribution in [0.5, 0.6) is 5.75 Å². The Balaban J connectivity index is 1.78. The van der Waals surface area contributed by atoms with Gasteiger partial charge in [-0.25, -0.2) is 0 Å². The van der Waals surface area contributed by atoms with Crippen LogP contribution in [0.3, 0.4) is 0 Å².